The van der Waals surface area contributed by atoms with Gasteiger partial charge < -0.3 is 20.1 Å². The number of ketones is 1. The van der Waals surface area contributed by atoms with E-state index in [2.05, 4.69) is 32.1 Å². The third-order valence-electron chi connectivity index (χ3n) is 5.60. The molecule has 0 aliphatic carbocycles. The molecule has 0 spiro atoms. The minimum absolute atomic E-state index is 0. The third-order valence-corrected chi connectivity index (χ3v) is 5.74. The van der Waals surface area contributed by atoms with Crippen molar-refractivity contribution in [3.8, 4) is 6.01 Å². The number of pyridine rings is 1. The van der Waals surface area contributed by atoms with Crippen LogP contribution in [-0.4, -0.2) is 50.7 Å². The summed E-state index contributed by atoms with van der Waals surface area (Å²) in [5.41, 5.74) is 2.96. The second-order valence-electron chi connectivity index (χ2n) is 8.25. The Bertz CT molecular complexity index is 1010. The number of hydrogen-bond acceptors (Lipinski definition) is 11. The van der Waals surface area contributed by atoms with Crippen LogP contribution in [0.3, 0.4) is 0 Å². The molecule has 0 amide bonds. The maximum atomic E-state index is 12.5. The molecule has 3 rings (SSSR count). The Labute approximate surface area is 211 Å². The smallest absolute Gasteiger partial charge is 0.521 e. The molecule has 3 heterocycles. The van der Waals surface area contributed by atoms with Gasteiger partial charge in [-0.05, 0) is 60.3 Å². The molecule has 0 fully saturated rings. The zero-order valence-electron chi connectivity index (χ0n) is 20.1. The van der Waals surface area contributed by atoms with Crippen LogP contribution in [0.5, 0.6) is 6.01 Å². The topological polar surface area (TPSA) is 184 Å². The highest BCUT2D eigenvalue weighted by Crippen LogP contribution is 2.25. The van der Waals surface area contributed by atoms with Crippen LogP contribution < -0.4 is 14.9 Å². The number of aromatic nitrogens is 3. The summed E-state index contributed by atoms with van der Waals surface area (Å²) in [5.74, 6) is -0.326. The normalized spacial score (nSPS) is 13.7. The molecule has 2 aromatic heterocycles. The Hall–Kier alpha value is -3.05. The molecule has 12 nitrogen and oxygen atoms in total. The van der Waals surface area contributed by atoms with Crippen LogP contribution >= 0.6 is 8.25 Å². The summed E-state index contributed by atoms with van der Waals surface area (Å²) in [5, 5.41) is 19.7. The highest BCUT2D eigenvalue weighted by Gasteiger charge is 2.20. The molecule has 0 bridgehead atoms. The van der Waals surface area contributed by atoms with E-state index in [1.807, 2.05) is 0 Å². The lowest BCUT2D eigenvalue weighted by Crippen LogP contribution is -2.12. The fourth-order valence-electron chi connectivity index (χ4n) is 3.84. The highest BCUT2D eigenvalue weighted by atomic mass is 31.1. The van der Waals surface area contributed by atoms with E-state index in [1.54, 1.807) is 0 Å². The molecule has 36 heavy (non-hydrogen) atoms. The Kier molecular flexibility index (Phi) is 12.8. The van der Waals surface area contributed by atoms with Gasteiger partial charge in [-0.3, -0.25) is 9.59 Å². The lowest BCUT2D eigenvalue weighted by molar-refractivity contribution is -0.244. The van der Waals surface area contributed by atoms with Gasteiger partial charge in [-0.15, -0.1) is 0 Å². The molecule has 0 radical (unpaired) electrons. The number of carbonyl (C=O) groups is 2. The molecule has 1 unspecified atom stereocenters. The molecular weight excluding hydrogens is 491 g/mol. The zero-order chi connectivity index (χ0) is 26.3. The van der Waals surface area contributed by atoms with Gasteiger partial charge in [0.2, 0.25) is 0 Å². The SMILES string of the molecule is COc1ncc([C@@H](CC(=O)O)CC(=O)CCCCc2ccc3c(n2)NCCCC3)cn1.O=[P+]([O-])OO.[HH]. The van der Waals surface area contributed by atoms with Crippen LogP contribution in [0.15, 0.2) is 24.5 Å². The van der Waals surface area contributed by atoms with Crippen LogP contribution in [0.1, 0.15) is 69.1 Å². The first-order valence-electron chi connectivity index (χ1n) is 11.6. The quantitative estimate of drug-likeness (QED) is 0.159. The van der Waals surface area contributed by atoms with Crippen molar-refractivity contribution in [3.05, 3.63) is 41.3 Å². The Morgan fingerprint density at radius 1 is 1.22 bits per heavy atom. The second kappa shape index (κ2) is 15.8. The van der Waals surface area contributed by atoms with E-state index in [4.69, 9.17) is 24.4 Å². The van der Waals surface area contributed by atoms with Crippen molar-refractivity contribution in [2.45, 2.75) is 63.7 Å². The number of aryl methyl sites for hydroxylation is 2. The summed E-state index contributed by atoms with van der Waals surface area (Å²) in [6, 6.07) is 4.46. The maximum Gasteiger partial charge on any atom is 0.521 e. The lowest BCUT2D eigenvalue weighted by Gasteiger charge is -2.14. The monoisotopic (exact) mass is 524 g/mol. The summed E-state index contributed by atoms with van der Waals surface area (Å²) >= 11 is 0. The molecule has 2 aromatic rings. The van der Waals surface area contributed by atoms with Gasteiger partial charge in [0.15, 0.2) is 0 Å². The summed E-state index contributed by atoms with van der Waals surface area (Å²) in [7, 11) is -1.58. The van der Waals surface area contributed by atoms with Gasteiger partial charge in [-0.1, -0.05) is 6.07 Å². The standard InChI is InChI=1S/C23H30N4O4.HO4P.H2/c1-31-23-25-14-18(15-26-23)17(13-21(29)30)12-20(28)8-3-2-7-19-10-9-16-6-4-5-11-24-22(16)27-19;1-4-5(2)3;/h9-10,14-15,17H,2-8,11-13H2,1H3,(H,24,27)(H,29,30);1H;1H/t17-;;/m1../s1. The van der Waals surface area contributed by atoms with Crippen LogP contribution in [0.25, 0.3) is 0 Å². The predicted octanol–water partition coefficient (Wildman–Crippen LogP) is 3.30. The van der Waals surface area contributed by atoms with Crippen molar-refractivity contribution < 1.29 is 40.2 Å². The number of hydrogen-bond donors (Lipinski definition) is 3. The van der Waals surface area contributed by atoms with Gasteiger partial charge in [0.1, 0.15) is 11.6 Å². The number of methoxy groups -OCH3 is 1. The molecular formula is C23H33N4O8P. The molecule has 13 heteroatoms. The van der Waals surface area contributed by atoms with E-state index in [1.165, 1.54) is 37.9 Å². The van der Waals surface area contributed by atoms with Crippen LogP contribution in [0, 0.1) is 0 Å². The fraction of sp³-hybridized carbons (Fsp3) is 0.522. The third kappa shape index (κ3) is 10.7. The predicted molar refractivity (Wildman–Crippen MR) is 130 cm³/mol. The first kappa shape index (κ1) is 29.2. The summed E-state index contributed by atoms with van der Waals surface area (Å²) in [4.78, 5) is 45.5. The van der Waals surface area contributed by atoms with E-state index in [-0.39, 0.29) is 26.1 Å². The molecule has 2 atom stereocenters. The molecule has 0 saturated heterocycles. The number of carbonyl (C=O) groups excluding carboxylic acids is 1. The van der Waals surface area contributed by atoms with Crippen molar-refractivity contribution in [2.24, 2.45) is 0 Å². The van der Waals surface area contributed by atoms with Crippen LogP contribution in [0.4, 0.5) is 5.82 Å². The average Bonchev–Trinajstić information content (AvgIpc) is 3.11. The van der Waals surface area contributed by atoms with Crippen molar-refractivity contribution in [2.75, 3.05) is 19.0 Å². The number of ether oxygens (including phenoxy) is 1. The largest absolute Gasteiger partial charge is 0.565 e. The van der Waals surface area contributed by atoms with Crippen molar-refractivity contribution in [1.82, 2.24) is 15.0 Å². The number of fused-ring (bicyclic) bond motifs is 1. The number of rotatable bonds is 12. The number of aliphatic carboxylic acids is 1. The minimum atomic E-state index is -3.04. The molecule has 3 N–H and O–H groups in total. The highest BCUT2D eigenvalue weighted by molar-refractivity contribution is 7.30. The number of nitrogens with zero attached hydrogens (tertiary/aromatic N) is 3. The van der Waals surface area contributed by atoms with E-state index in [0.29, 0.717) is 12.0 Å². The maximum absolute atomic E-state index is 12.5. The first-order valence-corrected chi connectivity index (χ1v) is 12.7. The van der Waals surface area contributed by atoms with Gasteiger partial charge in [0.05, 0.1) is 13.5 Å². The van der Waals surface area contributed by atoms with E-state index < -0.39 is 20.1 Å². The van der Waals surface area contributed by atoms with E-state index >= 15 is 0 Å². The van der Waals surface area contributed by atoms with Gasteiger partial charge in [-0.25, -0.2) is 20.2 Å². The summed E-state index contributed by atoms with van der Waals surface area (Å²) < 4.78 is 16.6. The minimum Gasteiger partial charge on any atom is -0.565 e. The van der Waals surface area contributed by atoms with Crippen molar-refractivity contribution in [3.63, 3.8) is 0 Å². The van der Waals surface area contributed by atoms with Crippen molar-refractivity contribution >= 4 is 25.8 Å². The van der Waals surface area contributed by atoms with E-state index in [9.17, 15) is 14.7 Å². The summed E-state index contributed by atoms with van der Waals surface area (Å²) in [6.07, 6.45) is 9.40. The molecule has 1 aliphatic rings. The number of anilines is 1. The Morgan fingerprint density at radius 2 is 1.94 bits per heavy atom. The number of carboxylic acid groups (broad SMARTS) is 1. The van der Waals surface area contributed by atoms with Gasteiger partial charge >= 0.3 is 20.2 Å². The Balaban J connectivity index is 0.00000104. The second-order valence-corrected chi connectivity index (χ2v) is 8.86. The molecule has 198 valence electrons. The fourth-order valence-corrected chi connectivity index (χ4v) is 3.84. The van der Waals surface area contributed by atoms with Crippen LogP contribution in [-0.2, 0) is 31.7 Å². The Morgan fingerprint density at radius 3 is 2.58 bits per heavy atom. The molecule has 0 saturated carbocycles. The van der Waals surface area contributed by atoms with Gasteiger partial charge in [0, 0.05) is 49.5 Å². The number of Topliss-reactive ketones (excluding diaryl/α,β-unsaturated/α-hetero) is 1. The van der Waals surface area contributed by atoms with Gasteiger partial charge in [-0.2, -0.15) is 0 Å². The number of carboxylic acids is 1. The molecule has 0 aromatic carbocycles. The lowest BCUT2D eigenvalue weighted by atomic mass is 9.91. The number of nitrogens with one attached hydrogen (secondary N) is 1. The van der Waals surface area contributed by atoms with Crippen molar-refractivity contribution in [1.29, 1.82) is 0 Å². The molecule has 1 aliphatic heterocycles. The average molecular weight is 525 g/mol. The van der Waals surface area contributed by atoms with Crippen LogP contribution in [0.2, 0.25) is 0 Å². The number of unbranched alkanes of at least 4 members (excludes halogenated alkanes) is 1. The summed E-state index contributed by atoms with van der Waals surface area (Å²) in [6.45, 7) is 0.967. The van der Waals surface area contributed by atoms with E-state index in [0.717, 1.165) is 43.7 Å². The van der Waals surface area contributed by atoms with Gasteiger partial charge in [0.25, 0.3) is 0 Å². The first-order chi connectivity index (χ1) is 17.3. The zero-order valence-corrected chi connectivity index (χ0v) is 21.0.